The van der Waals surface area contributed by atoms with Crippen LogP contribution in [-0.2, 0) is 0 Å². The SMILES string of the molecule is [2H]C1([2H])CCNC1([2H])c1cc(F)ccc1F. The predicted octanol–water partition coefficient (Wildman–Crippen LogP) is 2.39. The van der Waals surface area contributed by atoms with Crippen LogP contribution in [0.1, 0.15) is 28.5 Å². The maximum atomic E-state index is 13.5. The van der Waals surface area contributed by atoms with E-state index in [-0.39, 0.29) is 18.5 Å². The Hall–Kier alpha value is -0.960. The smallest absolute Gasteiger partial charge is 0.128 e. The third-order valence-corrected chi connectivity index (χ3v) is 1.93. The first-order valence-electron chi connectivity index (χ1n) is 5.57. The zero-order valence-electron chi connectivity index (χ0n) is 9.90. The normalized spacial score (nSPS) is 35.1. The van der Waals surface area contributed by atoms with Gasteiger partial charge in [-0.2, -0.15) is 0 Å². The van der Waals surface area contributed by atoms with E-state index >= 15 is 0 Å². The molecule has 0 aromatic heterocycles. The van der Waals surface area contributed by atoms with Crippen LogP contribution in [-0.4, -0.2) is 6.54 Å². The average molecular weight is 186 g/mol. The van der Waals surface area contributed by atoms with Gasteiger partial charge in [-0.15, -0.1) is 0 Å². The second-order valence-electron chi connectivity index (χ2n) is 2.85. The minimum absolute atomic E-state index is 0.104. The van der Waals surface area contributed by atoms with E-state index in [0.29, 0.717) is 0 Å². The van der Waals surface area contributed by atoms with Gasteiger partial charge in [0.1, 0.15) is 11.6 Å². The lowest BCUT2D eigenvalue weighted by atomic mass is 10.0. The molecule has 1 aromatic carbocycles. The van der Waals surface area contributed by atoms with Crippen molar-refractivity contribution in [2.24, 2.45) is 0 Å². The van der Waals surface area contributed by atoms with Gasteiger partial charge in [-0.05, 0) is 37.5 Å². The summed E-state index contributed by atoms with van der Waals surface area (Å²) in [5.74, 6) is -1.44. The molecule has 70 valence electrons. The number of benzene rings is 1. The van der Waals surface area contributed by atoms with Crippen LogP contribution in [0, 0.1) is 11.6 Å². The fourth-order valence-electron chi connectivity index (χ4n) is 1.32. The Bertz CT molecular complexity index is 425. The molecular weight excluding hydrogens is 172 g/mol. The van der Waals surface area contributed by atoms with E-state index in [1.54, 1.807) is 0 Å². The molecule has 2 rings (SSSR count). The third kappa shape index (κ3) is 1.70. The quantitative estimate of drug-likeness (QED) is 0.710. The van der Waals surface area contributed by atoms with Crippen molar-refractivity contribution in [3.63, 3.8) is 0 Å². The van der Waals surface area contributed by atoms with E-state index < -0.39 is 24.0 Å². The first-order chi connectivity index (χ1) is 7.37. The summed E-state index contributed by atoms with van der Waals surface area (Å²) in [6.07, 6.45) is -1.81. The van der Waals surface area contributed by atoms with Gasteiger partial charge in [0.15, 0.2) is 0 Å². The zero-order valence-corrected chi connectivity index (χ0v) is 6.90. The van der Waals surface area contributed by atoms with Gasteiger partial charge in [0.2, 0.25) is 0 Å². The highest BCUT2D eigenvalue weighted by Gasteiger charge is 2.19. The Morgan fingerprint density at radius 1 is 1.54 bits per heavy atom. The third-order valence-electron chi connectivity index (χ3n) is 1.93. The number of hydrogen-bond acceptors (Lipinski definition) is 1. The molecule has 1 aliphatic heterocycles. The van der Waals surface area contributed by atoms with Crippen molar-refractivity contribution >= 4 is 0 Å². The van der Waals surface area contributed by atoms with Gasteiger partial charge in [0.05, 0.1) is 1.37 Å². The molecule has 1 N–H and O–H groups in total. The first-order valence-corrected chi connectivity index (χ1v) is 4.07. The summed E-state index contributed by atoms with van der Waals surface area (Å²) in [5, 5.41) is 2.59. The summed E-state index contributed by atoms with van der Waals surface area (Å²) in [6, 6.07) is 0.821. The topological polar surface area (TPSA) is 12.0 Å². The second kappa shape index (κ2) is 3.42. The molecule has 1 nitrogen and oxygen atoms in total. The number of nitrogens with one attached hydrogen (secondary N) is 1. The summed E-state index contributed by atoms with van der Waals surface area (Å²) in [6.45, 7) is 0.270. The summed E-state index contributed by atoms with van der Waals surface area (Å²) < 4.78 is 49.9. The molecule has 1 atom stereocenters. The molecule has 0 aliphatic carbocycles. The number of rotatable bonds is 1. The van der Waals surface area contributed by atoms with Crippen LogP contribution < -0.4 is 5.32 Å². The molecule has 13 heavy (non-hydrogen) atoms. The van der Waals surface area contributed by atoms with Crippen molar-refractivity contribution in [3.05, 3.63) is 35.4 Å². The van der Waals surface area contributed by atoms with E-state index in [0.717, 1.165) is 18.2 Å². The first kappa shape index (κ1) is 5.70. The molecular formula is C10H11F2N. The Morgan fingerprint density at radius 2 is 2.38 bits per heavy atom. The highest BCUT2D eigenvalue weighted by atomic mass is 19.1. The van der Waals surface area contributed by atoms with E-state index in [1.807, 2.05) is 0 Å². The molecule has 3 heteroatoms. The molecule has 1 aromatic rings. The standard InChI is InChI=1S/C10H11F2N/c11-7-3-4-9(12)8(6-7)10-2-1-5-13-10/h3-4,6,10,13H,1-2,5H2/i2D2,10D. The number of halogens is 2. The van der Waals surface area contributed by atoms with E-state index in [1.165, 1.54) is 0 Å². The molecule has 0 radical (unpaired) electrons. The molecule has 1 heterocycles. The maximum absolute atomic E-state index is 13.5. The van der Waals surface area contributed by atoms with Gasteiger partial charge >= 0.3 is 0 Å². The molecule has 0 saturated carbocycles. The van der Waals surface area contributed by atoms with Crippen LogP contribution in [0.4, 0.5) is 8.78 Å². The van der Waals surface area contributed by atoms with E-state index in [2.05, 4.69) is 5.32 Å². The minimum atomic E-state index is -1.92. The summed E-state index contributed by atoms with van der Waals surface area (Å²) in [7, 11) is 0. The van der Waals surface area contributed by atoms with Crippen LogP contribution in [0.25, 0.3) is 0 Å². The Labute approximate surface area is 80.0 Å². The number of hydrogen-bond donors (Lipinski definition) is 1. The summed E-state index contributed by atoms with van der Waals surface area (Å²) in [5.41, 5.74) is -0.282. The minimum Gasteiger partial charge on any atom is -0.310 e. The Balaban J connectivity index is 2.55. The van der Waals surface area contributed by atoms with E-state index in [4.69, 9.17) is 4.11 Å². The summed E-state index contributed by atoms with van der Waals surface area (Å²) >= 11 is 0. The highest BCUT2D eigenvalue weighted by Crippen LogP contribution is 2.25. The molecule has 0 spiro atoms. The van der Waals surface area contributed by atoms with Gasteiger partial charge in [-0.3, -0.25) is 0 Å². The van der Waals surface area contributed by atoms with Gasteiger partial charge in [-0.1, -0.05) is 0 Å². The van der Waals surface area contributed by atoms with Gasteiger partial charge in [0, 0.05) is 14.3 Å². The van der Waals surface area contributed by atoms with Gasteiger partial charge in [-0.25, -0.2) is 8.78 Å². The van der Waals surface area contributed by atoms with Gasteiger partial charge in [0.25, 0.3) is 0 Å². The monoisotopic (exact) mass is 186 g/mol. The molecule has 1 saturated heterocycles. The van der Waals surface area contributed by atoms with Crippen molar-refractivity contribution in [1.82, 2.24) is 5.32 Å². The molecule has 1 aliphatic rings. The largest absolute Gasteiger partial charge is 0.310 e. The summed E-state index contributed by atoms with van der Waals surface area (Å²) in [4.78, 5) is 0. The maximum Gasteiger partial charge on any atom is 0.128 e. The fourth-order valence-corrected chi connectivity index (χ4v) is 1.32. The lowest BCUT2D eigenvalue weighted by Gasteiger charge is -2.11. The van der Waals surface area contributed by atoms with Crippen molar-refractivity contribution in [3.8, 4) is 0 Å². The molecule has 1 fully saturated rings. The second-order valence-corrected chi connectivity index (χ2v) is 2.85. The van der Waals surface area contributed by atoms with Crippen LogP contribution in [0.2, 0.25) is 0 Å². The zero-order chi connectivity index (χ0) is 12.0. The van der Waals surface area contributed by atoms with E-state index in [9.17, 15) is 8.78 Å². The molecule has 0 bridgehead atoms. The van der Waals surface area contributed by atoms with Crippen molar-refractivity contribution in [1.29, 1.82) is 0 Å². The van der Waals surface area contributed by atoms with Crippen LogP contribution in [0.3, 0.4) is 0 Å². The van der Waals surface area contributed by atoms with Crippen molar-refractivity contribution in [2.75, 3.05) is 6.54 Å². The predicted molar refractivity (Wildman–Crippen MR) is 46.3 cm³/mol. The fraction of sp³-hybridized carbons (Fsp3) is 0.400. The van der Waals surface area contributed by atoms with Gasteiger partial charge < -0.3 is 5.32 Å². The van der Waals surface area contributed by atoms with Crippen molar-refractivity contribution < 1.29 is 12.9 Å². The Morgan fingerprint density at radius 3 is 3.08 bits per heavy atom. The molecule has 1 unspecified atom stereocenters. The highest BCUT2D eigenvalue weighted by molar-refractivity contribution is 5.23. The lowest BCUT2D eigenvalue weighted by Crippen LogP contribution is -2.14. The van der Waals surface area contributed by atoms with Crippen LogP contribution >= 0.6 is 0 Å². The average Bonchev–Trinajstić information content (AvgIpc) is 2.46. The molecule has 0 amide bonds. The van der Waals surface area contributed by atoms with Crippen molar-refractivity contribution in [2.45, 2.75) is 18.8 Å². The lowest BCUT2D eigenvalue weighted by molar-refractivity contribution is 0.543. The Kier molecular flexibility index (Phi) is 1.50. The van der Waals surface area contributed by atoms with Crippen LogP contribution in [0.15, 0.2) is 18.2 Å². The van der Waals surface area contributed by atoms with Crippen LogP contribution in [0.5, 0.6) is 0 Å².